The topological polar surface area (TPSA) is 74.8 Å². The van der Waals surface area contributed by atoms with Crippen molar-refractivity contribution in [3.05, 3.63) is 33.8 Å². The highest BCUT2D eigenvalue weighted by atomic mass is 35.5. The Hall–Kier alpha value is -1.50. The number of halogens is 2. The molecule has 0 bridgehead atoms. The van der Waals surface area contributed by atoms with Crippen molar-refractivity contribution in [3.8, 4) is 0 Å². The first-order valence-corrected chi connectivity index (χ1v) is 7.46. The molecule has 0 saturated carbocycles. The van der Waals surface area contributed by atoms with E-state index in [9.17, 15) is 4.79 Å². The minimum atomic E-state index is -0.135. The van der Waals surface area contributed by atoms with Gasteiger partial charge in [0.15, 0.2) is 5.96 Å². The van der Waals surface area contributed by atoms with Crippen LogP contribution >= 0.6 is 23.2 Å². The largest absolute Gasteiger partial charge is 0.383 e. The van der Waals surface area contributed by atoms with E-state index < -0.39 is 0 Å². The number of rotatable bonds is 7. The van der Waals surface area contributed by atoms with Crippen LogP contribution in [0.25, 0.3) is 0 Å². The molecule has 6 nitrogen and oxygen atoms in total. The average molecular weight is 347 g/mol. The van der Waals surface area contributed by atoms with Gasteiger partial charge in [0.2, 0.25) is 5.91 Å². The van der Waals surface area contributed by atoms with Crippen LogP contribution in [-0.2, 0) is 16.1 Å². The van der Waals surface area contributed by atoms with Gasteiger partial charge in [0.25, 0.3) is 0 Å². The normalized spacial score (nSPS) is 11.2. The standard InChI is InChI=1S/C14H20Cl2N4O2/c1-17-14(20-9-13(21)18-5-6-22-2)19-8-10-3-4-11(15)7-12(10)16/h3-4,7H,5-6,8-9H2,1-2H3,(H,18,21)(H2,17,19,20). The highest BCUT2D eigenvalue weighted by Gasteiger charge is 2.05. The van der Waals surface area contributed by atoms with Crippen molar-refractivity contribution in [2.75, 3.05) is 33.9 Å². The first-order valence-electron chi connectivity index (χ1n) is 6.71. The number of nitrogens with zero attached hydrogens (tertiary/aromatic N) is 1. The van der Waals surface area contributed by atoms with Crippen LogP contribution in [0.2, 0.25) is 10.0 Å². The third kappa shape index (κ3) is 6.98. The maximum atomic E-state index is 11.6. The van der Waals surface area contributed by atoms with Gasteiger partial charge in [-0.05, 0) is 17.7 Å². The van der Waals surface area contributed by atoms with Gasteiger partial charge in [-0.1, -0.05) is 29.3 Å². The van der Waals surface area contributed by atoms with Crippen molar-refractivity contribution in [1.82, 2.24) is 16.0 Å². The van der Waals surface area contributed by atoms with Crippen LogP contribution in [0.15, 0.2) is 23.2 Å². The zero-order valence-electron chi connectivity index (χ0n) is 12.6. The Labute approximate surface area is 140 Å². The van der Waals surface area contributed by atoms with E-state index in [1.54, 1.807) is 26.3 Å². The van der Waals surface area contributed by atoms with Gasteiger partial charge in [-0.2, -0.15) is 0 Å². The average Bonchev–Trinajstić information content (AvgIpc) is 2.49. The fourth-order valence-corrected chi connectivity index (χ4v) is 2.06. The molecule has 0 unspecified atom stereocenters. The number of carbonyl (C=O) groups excluding carboxylic acids is 1. The second-order valence-corrected chi connectivity index (χ2v) is 5.20. The summed E-state index contributed by atoms with van der Waals surface area (Å²) in [6.07, 6.45) is 0. The predicted octanol–water partition coefficient (Wildman–Crippen LogP) is 1.42. The third-order valence-corrected chi connectivity index (χ3v) is 3.32. The maximum absolute atomic E-state index is 11.6. The number of ether oxygens (including phenoxy) is 1. The SMILES string of the molecule is CN=C(NCC(=O)NCCOC)NCc1ccc(Cl)cc1Cl. The minimum Gasteiger partial charge on any atom is -0.383 e. The molecule has 0 aromatic heterocycles. The Morgan fingerprint density at radius 1 is 1.27 bits per heavy atom. The Kier molecular flexibility index (Phi) is 8.65. The molecule has 1 aromatic carbocycles. The van der Waals surface area contributed by atoms with Crippen LogP contribution in [0, 0.1) is 0 Å². The molecule has 3 N–H and O–H groups in total. The number of aliphatic imine (C=N–C) groups is 1. The first kappa shape index (κ1) is 18.5. The van der Waals surface area contributed by atoms with Crippen molar-refractivity contribution >= 4 is 35.1 Å². The summed E-state index contributed by atoms with van der Waals surface area (Å²) in [7, 11) is 3.21. The second-order valence-electron chi connectivity index (χ2n) is 4.36. The third-order valence-electron chi connectivity index (χ3n) is 2.73. The van der Waals surface area contributed by atoms with Gasteiger partial charge in [0.1, 0.15) is 0 Å². The molecule has 0 fully saturated rings. The lowest BCUT2D eigenvalue weighted by atomic mass is 10.2. The molecule has 0 aliphatic carbocycles. The smallest absolute Gasteiger partial charge is 0.239 e. The number of nitrogens with one attached hydrogen (secondary N) is 3. The van der Waals surface area contributed by atoms with E-state index in [-0.39, 0.29) is 12.5 Å². The van der Waals surface area contributed by atoms with Crippen LogP contribution in [-0.4, -0.2) is 45.7 Å². The summed E-state index contributed by atoms with van der Waals surface area (Å²) in [5.74, 6) is 0.373. The maximum Gasteiger partial charge on any atom is 0.239 e. The van der Waals surface area contributed by atoms with Crippen LogP contribution in [0.4, 0.5) is 0 Å². The summed E-state index contributed by atoms with van der Waals surface area (Å²) in [5, 5.41) is 9.86. The lowest BCUT2D eigenvalue weighted by Gasteiger charge is -2.12. The summed E-state index contributed by atoms with van der Waals surface area (Å²) in [4.78, 5) is 15.6. The molecule has 122 valence electrons. The molecule has 0 aliphatic heterocycles. The zero-order chi connectivity index (χ0) is 16.4. The number of carbonyl (C=O) groups is 1. The Morgan fingerprint density at radius 3 is 2.68 bits per heavy atom. The van der Waals surface area contributed by atoms with Gasteiger partial charge < -0.3 is 20.7 Å². The Morgan fingerprint density at radius 2 is 2.05 bits per heavy atom. The summed E-state index contributed by atoms with van der Waals surface area (Å²) in [5.41, 5.74) is 0.888. The van der Waals surface area contributed by atoms with E-state index in [0.717, 1.165) is 5.56 Å². The van der Waals surface area contributed by atoms with Crippen molar-refractivity contribution < 1.29 is 9.53 Å². The van der Waals surface area contributed by atoms with Gasteiger partial charge in [-0.3, -0.25) is 9.79 Å². The Bertz CT molecular complexity index is 524. The molecule has 1 amide bonds. The van der Waals surface area contributed by atoms with E-state index in [4.69, 9.17) is 27.9 Å². The van der Waals surface area contributed by atoms with Crippen LogP contribution < -0.4 is 16.0 Å². The molecule has 0 heterocycles. The van der Waals surface area contributed by atoms with E-state index in [0.29, 0.717) is 35.7 Å². The van der Waals surface area contributed by atoms with Crippen molar-refractivity contribution in [3.63, 3.8) is 0 Å². The van der Waals surface area contributed by atoms with E-state index >= 15 is 0 Å². The molecule has 0 radical (unpaired) electrons. The fourth-order valence-electron chi connectivity index (χ4n) is 1.58. The van der Waals surface area contributed by atoms with Gasteiger partial charge >= 0.3 is 0 Å². The fraction of sp³-hybridized carbons (Fsp3) is 0.429. The number of amides is 1. The lowest BCUT2D eigenvalue weighted by molar-refractivity contribution is -0.120. The number of methoxy groups -OCH3 is 1. The monoisotopic (exact) mass is 346 g/mol. The van der Waals surface area contributed by atoms with E-state index in [1.165, 1.54) is 0 Å². The number of benzene rings is 1. The van der Waals surface area contributed by atoms with Crippen molar-refractivity contribution in [1.29, 1.82) is 0 Å². The molecule has 0 saturated heterocycles. The summed E-state index contributed by atoms with van der Waals surface area (Å²) in [6, 6.07) is 5.28. The Balaban J connectivity index is 2.38. The quantitative estimate of drug-likeness (QED) is 0.396. The molecule has 0 aliphatic rings. The van der Waals surface area contributed by atoms with Gasteiger partial charge in [0.05, 0.1) is 13.2 Å². The van der Waals surface area contributed by atoms with Gasteiger partial charge in [-0.15, -0.1) is 0 Å². The first-order chi connectivity index (χ1) is 10.6. The highest BCUT2D eigenvalue weighted by molar-refractivity contribution is 6.35. The number of hydrogen-bond donors (Lipinski definition) is 3. The summed E-state index contributed by atoms with van der Waals surface area (Å²) < 4.78 is 4.85. The predicted molar refractivity (Wildman–Crippen MR) is 89.5 cm³/mol. The van der Waals surface area contributed by atoms with Gasteiger partial charge in [-0.25, -0.2) is 0 Å². The second kappa shape index (κ2) is 10.3. The van der Waals surface area contributed by atoms with E-state index in [1.807, 2.05) is 6.07 Å². The molecule has 1 aromatic rings. The highest BCUT2D eigenvalue weighted by Crippen LogP contribution is 2.20. The van der Waals surface area contributed by atoms with Crippen LogP contribution in [0.1, 0.15) is 5.56 Å². The number of hydrogen-bond acceptors (Lipinski definition) is 3. The molecule has 22 heavy (non-hydrogen) atoms. The molecule has 0 spiro atoms. The summed E-state index contributed by atoms with van der Waals surface area (Å²) in [6.45, 7) is 1.55. The molecule has 8 heteroatoms. The molecular formula is C14H20Cl2N4O2. The number of guanidine groups is 1. The summed E-state index contributed by atoms with van der Waals surface area (Å²) >= 11 is 11.9. The molecule has 1 rings (SSSR count). The lowest BCUT2D eigenvalue weighted by Crippen LogP contribution is -2.43. The van der Waals surface area contributed by atoms with Crippen LogP contribution in [0.5, 0.6) is 0 Å². The molecule has 0 atom stereocenters. The van der Waals surface area contributed by atoms with Gasteiger partial charge in [0, 0.05) is 37.3 Å². The van der Waals surface area contributed by atoms with Crippen molar-refractivity contribution in [2.24, 2.45) is 4.99 Å². The molecular weight excluding hydrogens is 327 g/mol. The van der Waals surface area contributed by atoms with Crippen molar-refractivity contribution in [2.45, 2.75) is 6.54 Å². The van der Waals surface area contributed by atoms with Crippen LogP contribution in [0.3, 0.4) is 0 Å². The minimum absolute atomic E-state index is 0.123. The van der Waals surface area contributed by atoms with E-state index in [2.05, 4.69) is 20.9 Å². The zero-order valence-corrected chi connectivity index (χ0v) is 14.1.